The van der Waals surface area contributed by atoms with Gasteiger partial charge in [-0.2, -0.15) is 0 Å². The first-order chi connectivity index (χ1) is 30.2. The number of aliphatic carboxylic acids is 4. The van der Waals surface area contributed by atoms with E-state index in [1.807, 2.05) is 5.32 Å². The zero-order valence-corrected chi connectivity index (χ0v) is 36.4. The molecule has 0 rings (SSSR count). The molecule has 0 aromatic carbocycles. The van der Waals surface area contributed by atoms with Crippen molar-refractivity contribution in [3.63, 3.8) is 0 Å². The van der Waals surface area contributed by atoms with Gasteiger partial charge in [0.1, 0.15) is 42.3 Å². The van der Waals surface area contributed by atoms with E-state index in [1.54, 1.807) is 13.8 Å². The number of rotatable bonds is 32. The van der Waals surface area contributed by atoms with Crippen LogP contribution in [0.1, 0.15) is 85.5 Å². The topological polar surface area (TPSA) is 481 Å². The summed E-state index contributed by atoms with van der Waals surface area (Å²) in [6, 6.07) is -11.3. The Bertz CT molecular complexity index is 1710. The SMILES string of the molecule is CC(C)C[C@H](NC(=O)[C@H](CCC(=O)O)NC(=O)[C@@H](N)[C@@H](C)O)C(=O)N[C@H](C(=O)N[C@@H](CCCNC(=N)N)C(=O)N[C@@H](CCC(=O)O)C(=O)NCC(=O)N[C@@H](CCC(=O)O)C(=O)O)[C@@H](C)O. The molecule has 28 heteroatoms. The molecule has 368 valence electrons. The molecule has 19 N–H and O–H groups in total. The fourth-order valence-electron chi connectivity index (χ4n) is 5.59. The van der Waals surface area contributed by atoms with Crippen molar-refractivity contribution in [3.05, 3.63) is 0 Å². The molecule has 9 atom stereocenters. The molecule has 0 unspecified atom stereocenters. The van der Waals surface area contributed by atoms with Crippen LogP contribution in [-0.4, -0.2) is 169 Å². The summed E-state index contributed by atoms with van der Waals surface area (Å²) >= 11 is 0. The molecule has 0 aliphatic carbocycles. The Balaban J connectivity index is 6.44. The van der Waals surface area contributed by atoms with Gasteiger partial charge < -0.3 is 84.6 Å². The Labute approximate surface area is 372 Å². The van der Waals surface area contributed by atoms with Gasteiger partial charge >= 0.3 is 23.9 Å². The monoisotopic (exact) mass is 933 g/mol. The molecule has 65 heavy (non-hydrogen) atoms. The molecule has 0 bridgehead atoms. The van der Waals surface area contributed by atoms with Crippen molar-refractivity contribution in [1.82, 2.24) is 42.5 Å². The molecule has 7 amide bonds. The fraction of sp³-hybridized carbons (Fsp3) is 0.676. The predicted molar refractivity (Wildman–Crippen MR) is 223 cm³/mol. The predicted octanol–water partition coefficient (Wildman–Crippen LogP) is -5.91. The zero-order valence-electron chi connectivity index (χ0n) is 36.4. The summed E-state index contributed by atoms with van der Waals surface area (Å²) in [6.45, 7) is 4.72. The number of hydrogen-bond acceptors (Lipinski definition) is 15. The Kier molecular flexibility index (Phi) is 26.6. The van der Waals surface area contributed by atoms with Gasteiger partial charge in [0.05, 0.1) is 18.8 Å². The Morgan fingerprint density at radius 3 is 1.40 bits per heavy atom. The standard InChI is InChI=1S/C37H63N11O17/c1-16(2)14-23(47-32(60)21(8-11-26(54)55)45-34(62)28(38)17(3)49)33(61)48-29(18(4)50)35(63)46-19(6-5-13-41-37(39)40)31(59)44-20(7-10-25(52)53)30(58)42-15-24(51)43-22(36(64)65)9-12-27(56)57/h16-23,28-29,49-50H,5-15,38H2,1-4H3,(H,42,58)(H,43,51)(H,44,59)(H,45,62)(H,46,63)(H,47,60)(H,48,61)(H,52,53)(H,54,55)(H,56,57)(H,64,65)(H4,39,40,41)/t17-,18-,19+,20+,21+,22+,23+,28+,29+/m1/s1. The quantitative estimate of drug-likeness (QED) is 0.0170. The lowest BCUT2D eigenvalue weighted by atomic mass is 10.0. The normalized spacial score (nSPS) is 15.1. The number of guanidine groups is 1. The summed E-state index contributed by atoms with van der Waals surface area (Å²) in [6.07, 6.45) is -6.85. The number of carboxylic acids is 4. The van der Waals surface area contributed by atoms with Crippen LogP contribution in [0.5, 0.6) is 0 Å². The molecule has 0 saturated carbocycles. The second-order valence-electron chi connectivity index (χ2n) is 15.3. The number of carbonyl (C=O) groups is 11. The Morgan fingerprint density at radius 1 is 0.523 bits per heavy atom. The van der Waals surface area contributed by atoms with Crippen molar-refractivity contribution in [3.8, 4) is 0 Å². The van der Waals surface area contributed by atoms with E-state index in [9.17, 15) is 78.3 Å². The molecule has 0 aromatic rings. The highest BCUT2D eigenvalue weighted by Crippen LogP contribution is 2.10. The van der Waals surface area contributed by atoms with Gasteiger partial charge in [0, 0.05) is 25.8 Å². The van der Waals surface area contributed by atoms with Crippen molar-refractivity contribution in [2.24, 2.45) is 17.4 Å². The molecular formula is C37H63N11O17. The maximum Gasteiger partial charge on any atom is 0.326 e. The molecule has 0 aromatic heterocycles. The maximum atomic E-state index is 13.7. The Hall–Kier alpha value is -6.68. The number of aliphatic hydroxyl groups excluding tert-OH is 2. The van der Waals surface area contributed by atoms with Gasteiger partial charge in [0.2, 0.25) is 41.4 Å². The van der Waals surface area contributed by atoms with Gasteiger partial charge in [-0.3, -0.25) is 53.4 Å². The van der Waals surface area contributed by atoms with Crippen LogP contribution < -0.4 is 54.0 Å². The van der Waals surface area contributed by atoms with Crippen molar-refractivity contribution < 1.29 is 83.4 Å². The van der Waals surface area contributed by atoms with E-state index in [-0.39, 0.29) is 31.7 Å². The van der Waals surface area contributed by atoms with Crippen LogP contribution in [0.4, 0.5) is 0 Å². The average Bonchev–Trinajstić information content (AvgIpc) is 3.19. The second-order valence-corrected chi connectivity index (χ2v) is 15.3. The van der Waals surface area contributed by atoms with Crippen LogP contribution in [0.2, 0.25) is 0 Å². The van der Waals surface area contributed by atoms with Crippen molar-refractivity contribution in [1.29, 1.82) is 5.41 Å². The van der Waals surface area contributed by atoms with Crippen LogP contribution in [0, 0.1) is 11.3 Å². The fourth-order valence-corrected chi connectivity index (χ4v) is 5.59. The zero-order chi connectivity index (χ0) is 50.1. The van der Waals surface area contributed by atoms with E-state index in [0.717, 1.165) is 6.92 Å². The van der Waals surface area contributed by atoms with Crippen LogP contribution in [-0.2, 0) is 52.7 Å². The van der Waals surface area contributed by atoms with E-state index in [4.69, 9.17) is 22.0 Å². The average molecular weight is 934 g/mol. The summed E-state index contributed by atoms with van der Waals surface area (Å²) in [5.41, 5.74) is 11.0. The van der Waals surface area contributed by atoms with Gasteiger partial charge in [-0.25, -0.2) is 4.79 Å². The first-order valence-corrected chi connectivity index (χ1v) is 20.3. The summed E-state index contributed by atoms with van der Waals surface area (Å²) in [4.78, 5) is 138. The summed E-state index contributed by atoms with van der Waals surface area (Å²) in [7, 11) is 0. The number of carbonyl (C=O) groups excluding carboxylic acids is 7. The highest BCUT2D eigenvalue weighted by Gasteiger charge is 2.35. The van der Waals surface area contributed by atoms with E-state index >= 15 is 0 Å². The van der Waals surface area contributed by atoms with E-state index < -0.39 is 171 Å². The molecule has 0 heterocycles. The minimum atomic E-state index is -1.85. The van der Waals surface area contributed by atoms with Crippen molar-refractivity contribution in [2.75, 3.05) is 13.1 Å². The molecule has 0 saturated heterocycles. The molecule has 0 aliphatic heterocycles. The Morgan fingerprint density at radius 2 is 0.954 bits per heavy atom. The van der Waals surface area contributed by atoms with Gasteiger partial charge in [-0.05, 0) is 58.3 Å². The van der Waals surface area contributed by atoms with E-state index in [1.165, 1.54) is 6.92 Å². The lowest BCUT2D eigenvalue weighted by Gasteiger charge is -2.29. The molecule has 28 nitrogen and oxygen atoms in total. The van der Waals surface area contributed by atoms with Gasteiger partial charge in [-0.1, -0.05) is 13.8 Å². The van der Waals surface area contributed by atoms with Gasteiger partial charge in [-0.15, -0.1) is 0 Å². The van der Waals surface area contributed by atoms with Crippen molar-refractivity contribution >= 4 is 71.2 Å². The number of nitrogens with two attached hydrogens (primary N) is 2. The van der Waals surface area contributed by atoms with Crippen LogP contribution in [0.15, 0.2) is 0 Å². The third kappa shape index (κ3) is 24.7. The number of hydrogen-bond donors (Lipinski definition) is 17. The second kappa shape index (κ2) is 29.6. The third-order valence-corrected chi connectivity index (χ3v) is 9.11. The van der Waals surface area contributed by atoms with E-state index in [0.29, 0.717) is 0 Å². The first kappa shape index (κ1) is 58.3. The highest BCUT2D eigenvalue weighted by atomic mass is 16.4. The van der Waals surface area contributed by atoms with Crippen molar-refractivity contribution in [2.45, 2.75) is 140 Å². The van der Waals surface area contributed by atoms with E-state index in [2.05, 4.69) is 37.2 Å². The minimum Gasteiger partial charge on any atom is -0.481 e. The minimum absolute atomic E-state index is 0.00658. The lowest BCUT2D eigenvalue weighted by Crippen LogP contribution is -2.62. The van der Waals surface area contributed by atoms with Crippen LogP contribution >= 0.6 is 0 Å². The molecule has 0 fully saturated rings. The van der Waals surface area contributed by atoms with Crippen LogP contribution in [0.25, 0.3) is 0 Å². The summed E-state index contributed by atoms with van der Waals surface area (Å²) < 4.78 is 0. The summed E-state index contributed by atoms with van der Waals surface area (Å²) in [5, 5.41) is 82.5. The number of amides is 7. The number of nitrogens with one attached hydrogen (secondary N) is 9. The smallest absolute Gasteiger partial charge is 0.326 e. The summed E-state index contributed by atoms with van der Waals surface area (Å²) in [5.74, 6) is -14.0. The molecule has 0 radical (unpaired) electrons. The maximum absolute atomic E-state index is 13.7. The first-order valence-electron chi connectivity index (χ1n) is 20.3. The molecular weight excluding hydrogens is 870 g/mol. The number of aliphatic hydroxyl groups is 2. The third-order valence-electron chi connectivity index (χ3n) is 9.11. The van der Waals surface area contributed by atoms with Gasteiger partial charge in [0.25, 0.3) is 0 Å². The van der Waals surface area contributed by atoms with Gasteiger partial charge in [0.15, 0.2) is 5.96 Å². The molecule has 0 aliphatic rings. The molecule has 0 spiro atoms. The number of carboxylic acid groups (broad SMARTS) is 4. The largest absolute Gasteiger partial charge is 0.481 e. The highest BCUT2D eigenvalue weighted by molar-refractivity contribution is 5.97. The lowest BCUT2D eigenvalue weighted by molar-refractivity contribution is -0.143. The van der Waals surface area contributed by atoms with Crippen LogP contribution in [0.3, 0.4) is 0 Å².